The fourth-order valence-electron chi connectivity index (χ4n) is 1.62. The van der Waals surface area contributed by atoms with Crippen LogP contribution in [0.2, 0.25) is 0 Å². The van der Waals surface area contributed by atoms with Gasteiger partial charge in [0.05, 0.1) is 0 Å². The van der Waals surface area contributed by atoms with Gasteiger partial charge in [0, 0.05) is 12.0 Å². The first kappa shape index (κ1) is 21.4. The van der Waals surface area contributed by atoms with Crippen molar-refractivity contribution in [3.8, 4) is 5.75 Å². The molecule has 1 N–H and O–H groups in total. The first-order valence-electron chi connectivity index (χ1n) is 4.12. The molecule has 86 valence electrons. The molecule has 0 spiro atoms. The second-order valence-electron chi connectivity index (χ2n) is 3.12. The SMILES string of the molecule is O=C1CCCc2ccc(O)cc21.[Al+3].[Cl-].[Cl-].[Cl-]. The summed E-state index contributed by atoms with van der Waals surface area (Å²) < 4.78 is 0. The van der Waals surface area contributed by atoms with Crippen LogP contribution in [0.4, 0.5) is 0 Å². The number of benzene rings is 1. The number of hydrogen-bond donors (Lipinski definition) is 1. The fraction of sp³-hybridized carbons (Fsp3) is 0.300. The fourth-order valence-corrected chi connectivity index (χ4v) is 1.62. The maximum absolute atomic E-state index is 11.3. The monoisotopic (exact) mass is 294 g/mol. The van der Waals surface area contributed by atoms with E-state index < -0.39 is 0 Å². The summed E-state index contributed by atoms with van der Waals surface area (Å²) in [6.07, 6.45) is 2.52. The molecule has 1 aliphatic rings. The number of hydrogen-bond acceptors (Lipinski definition) is 2. The number of ketones is 1. The van der Waals surface area contributed by atoms with Crippen LogP contribution in [-0.2, 0) is 6.42 Å². The summed E-state index contributed by atoms with van der Waals surface area (Å²) in [5.41, 5.74) is 1.78. The average Bonchev–Trinajstić information content (AvgIpc) is 2.07. The second kappa shape index (κ2) is 9.16. The van der Waals surface area contributed by atoms with Gasteiger partial charge in [0.1, 0.15) is 5.75 Å². The van der Waals surface area contributed by atoms with Crippen molar-refractivity contribution in [2.45, 2.75) is 19.3 Å². The predicted molar refractivity (Wildman–Crippen MR) is 51.1 cm³/mol. The van der Waals surface area contributed by atoms with E-state index in [9.17, 15) is 4.79 Å². The number of fused-ring (bicyclic) bond motifs is 1. The number of phenols is 1. The van der Waals surface area contributed by atoms with E-state index in [-0.39, 0.29) is 66.1 Å². The number of carbonyl (C=O) groups is 1. The van der Waals surface area contributed by atoms with Crippen molar-refractivity contribution in [1.29, 1.82) is 0 Å². The Labute approximate surface area is 124 Å². The van der Waals surface area contributed by atoms with Crippen LogP contribution in [-0.4, -0.2) is 28.3 Å². The van der Waals surface area contributed by atoms with Crippen molar-refractivity contribution < 1.29 is 47.1 Å². The van der Waals surface area contributed by atoms with Crippen molar-refractivity contribution in [2.24, 2.45) is 0 Å². The molecule has 2 nitrogen and oxygen atoms in total. The molecule has 0 aliphatic heterocycles. The van der Waals surface area contributed by atoms with Crippen molar-refractivity contribution >= 4 is 23.1 Å². The van der Waals surface area contributed by atoms with Gasteiger partial charge in [-0.3, -0.25) is 4.79 Å². The molecule has 6 heteroatoms. The number of halogens is 3. The standard InChI is InChI=1S/C10H10O2.Al.3ClH/c11-8-5-4-7-2-1-3-10(12)9(7)6-8;;;;/h4-6,11H,1-3H2;;3*1H/q;+3;;;/p-3. The van der Waals surface area contributed by atoms with Gasteiger partial charge in [0.25, 0.3) is 0 Å². The van der Waals surface area contributed by atoms with Gasteiger partial charge in [-0.1, -0.05) is 6.07 Å². The summed E-state index contributed by atoms with van der Waals surface area (Å²) in [4.78, 5) is 11.3. The number of carbonyl (C=O) groups excluding carboxylic acids is 1. The molecule has 0 bridgehead atoms. The molecular weight excluding hydrogens is 285 g/mol. The minimum atomic E-state index is 0. The van der Waals surface area contributed by atoms with Crippen molar-refractivity contribution in [3.63, 3.8) is 0 Å². The Kier molecular flexibility index (Phi) is 12.2. The molecule has 2 rings (SSSR count). The van der Waals surface area contributed by atoms with Gasteiger partial charge in [-0.05, 0) is 30.5 Å². The molecule has 0 amide bonds. The summed E-state index contributed by atoms with van der Waals surface area (Å²) >= 11 is 0. The first-order valence-corrected chi connectivity index (χ1v) is 4.12. The molecule has 0 atom stereocenters. The third kappa shape index (κ3) is 4.53. The van der Waals surface area contributed by atoms with Crippen molar-refractivity contribution in [1.82, 2.24) is 0 Å². The van der Waals surface area contributed by atoms with Gasteiger partial charge >= 0.3 is 17.4 Å². The van der Waals surface area contributed by atoms with Gasteiger partial charge in [-0.15, -0.1) is 0 Å². The van der Waals surface area contributed by atoms with E-state index >= 15 is 0 Å². The van der Waals surface area contributed by atoms with Crippen LogP contribution in [0.3, 0.4) is 0 Å². The molecule has 1 aliphatic carbocycles. The van der Waals surface area contributed by atoms with E-state index in [1.807, 2.05) is 6.07 Å². The Morgan fingerprint density at radius 2 is 1.69 bits per heavy atom. The maximum Gasteiger partial charge on any atom is 3.00 e. The molecular formula is C10H10AlCl3O2. The zero-order chi connectivity index (χ0) is 8.55. The van der Waals surface area contributed by atoms with Crippen molar-refractivity contribution in [3.05, 3.63) is 29.3 Å². The molecule has 0 saturated carbocycles. The molecule has 0 heterocycles. The predicted octanol–water partition coefficient (Wildman–Crippen LogP) is -7.46. The van der Waals surface area contributed by atoms with Gasteiger partial charge in [-0.2, -0.15) is 0 Å². The molecule has 0 fully saturated rings. The Morgan fingerprint density at radius 1 is 1.06 bits per heavy atom. The first-order chi connectivity index (χ1) is 5.77. The number of rotatable bonds is 0. The van der Waals surface area contributed by atoms with E-state index in [0.29, 0.717) is 12.0 Å². The van der Waals surface area contributed by atoms with Gasteiger partial charge < -0.3 is 42.3 Å². The molecule has 0 unspecified atom stereocenters. The summed E-state index contributed by atoms with van der Waals surface area (Å²) in [6.45, 7) is 0. The second-order valence-corrected chi connectivity index (χ2v) is 3.12. The third-order valence-electron chi connectivity index (χ3n) is 2.24. The smallest absolute Gasteiger partial charge is 1.00 e. The Morgan fingerprint density at radius 3 is 2.31 bits per heavy atom. The number of aryl methyl sites for hydroxylation is 1. The molecule has 0 saturated heterocycles. The van der Waals surface area contributed by atoms with Crippen LogP contribution < -0.4 is 37.2 Å². The van der Waals surface area contributed by atoms with Crippen LogP contribution in [0.15, 0.2) is 18.2 Å². The Bertz CT molecular complexity index is 345. The summed E-state index contributed by atoms with van der Waals surface area (Å²) in [5.74, 6) is 0.344. The summed E-state index contributed by atoms with van der Waals surface area (Å²) in [7, 11) is 0. The van der Waals surface area contributed by atoms with Crippen LogP contribution in [0.5, 0.6) is 5.75 Å². The number of aromatic hydroxyl groups is 1. The molecule has 1 aromatic rings. The van der Waals surface area contributed by atoms with Crippen LogP contribution in [0.1, 0.15) is 28.8 Å². The van der Waals surface area contributed by atoms with Crippen LogP contribution >= 0.6 is 0 Å². The largest absolute Gasteiger partial charge is 3.00 e. The Balaban J connectivity index is -0.000000422. The van der Waals surface area contributed by atoms with Crippen LogP contribution in [0, 0.1) is 0 Å². The van der Waals surface area contributed by atoms with E-state index in [4.69, 9.17) is 5.11 Å². The van der Waals surface area contributed by atoms with E-state index in [1.54, 1.807) is 12.1 Å². The molecule has 0 radical (unpaired) electrons. The van der Waals surface area contributed by atoms with E-state index in [2.05, 4.69) is 0 Å². The summed E-state index contributed by atoms with van der Waals surface area (Å²) in [5, 5.41) is 9.15. The normalized spacial score (nSPS) is 11.9. The van der Waals surface area contributed by atoms with E-state index in [0.717, 1.165) is 18.4 Å². The average molecular weight is 296 g/mol. The van der Waals surface area contributed by atoms with Gasteiger partial charge in [-0.25, -0.2) is 0 Å². The molecule has 0 aromatic heterocycles. The van der Waals surface area contributed by atoms with Gasteiger partial charge in [0.2, 0.25) is 0 Å². The van der Waals surface area contributed by atoms with E-state index in [1.165, 1.54) is 0 Å². The van der Waals surface area contributed by atoms with Gasteiger partial charge in [0.15, 0.2) is 5.78 Å². The maximum atomic E-state index is 11.3. The van der Waals surface area contributed by atoms with Crippen LogP contribution in [0.25, 0.3) is 0 Å². The molecule has 1 aromatic carbocycles. The minimum Gasteiger partial charge on any atom is -1.00 e. The number of Topliss-reactive ketones (excluding diaryl/α,β-unsaturated/α-hetero) is 1. The zero-order valence-electron chi connectivity index (χ0n) is 8.42. The minimum absolute atomic E-state index is 0. The topological polar surface area (TPSA) is 37.3 Å². The number of phenolic OH excluding ortho intramolecular Hbond substituents is 1. The van der Waals surface area contributed by atoms with Crippen molar-refractivity contribution in [2.75, 3.05) is 0 Å². The zero-order valence-corrected chi connectivity index (χ0v) is 11.8. The summed E-state index contributed by atoms with van der Waals surface area (Å²) in [6, 6.07) is 5.04. The quantitative estimate of drug-likeness (QED) is 0.483. The molecule has 16 heavy (non-hydrogen) atoms. The Hall–Kier alpha value is 0.0925. The third-order valence-corrected chi connectivity index (χ3v) is 2.24.